The minimum absolute atomic E-state index is 0.432. The van der Waals surface area contributed by atoms with Crippen LogP contribution < -0.4 is 11.5 Å². The third kappa shape index (κ3) is 3.18. The van der Waals surface area contributed by atoms with Crippen LogP contribution in [0.15, 0.2) is 12.4 Å². The molecule has 0 saturated carbocycles. The van der Waals surface area contributed by atoms with Gasteiger partial charge in [0, 0.05) is 12.7 Å². The summed E-state index contributed by atoms with van der Waals surface area (Å²) in [4.78, 5) is 10.7. The highest BCUT2D eigenvalue weighted by Gasteiger charge is 2.02. The van der Waals surface area contributed by atoms with Gasteiger partial charge in [0.15, 0.2) is 0 Å². The highest BCUT2D eigenvalue weighted by molar-refractivity contribution is 5.92. The molecule has 0 fully saturated rings. The Hall–Kier alpha value is -1.36. The molecule has 0 spiro atoms. The second kappa shape index (κ2) is 5.39. The molecule has 1 amide bonds. The second-order valence-electron chi connectivity index (χ2n) is 3.21. The first kappa shape index (κ1) is 10.7. The van der Waals surface area contributed by atoms with Gasteiger partial charge in [-0.25, -0.2) is 0 Å². The van der Waals surface area contributed by atoms with Crippen LogP contribution in [-0.4, -0.2) is 22.2 Å². The summed E-state index contributed by atoms with van der Waals surface area (Å²) in [5.41, 5.74) is 10.9. The van der Waals surface area contributed by atoms with Crippen molar-refractivity contribution in [1.82, 2.24) is 9.78 Å². The van der Waals surface area contributed by atoms with E-state index >= 15 is 0 Å². The summed E-state index contributed by atoms with van der Waals surface area (Å²) in [5, 5.41) is 4.02. The third-order valence-corrected chi connectivity index (χ3v) is 2.01. The van der Waals surface area contributed by atoms with Gasteiger partial charge < -0.3 is 11.5 Å². The number of carbonyl (C=O) groups is 1. The lowest BCUT2D eigenvalue weighted by Gasteiger charge is -1.99. The van der Waals surface area contributed by atoms with E-state index in [2.05, 4.69) is 5.10 Å². The monoisotopic (exact) mass is 196 g/mol. The molecule has 0 aliphatic carbocycles. The van der Waals surface area contributed by atoms with E-state index in [9.17, 15) is 4.79 Å². The van der Waals surface area contributed by atoms with E-state index in [-0.39, 0.29) is 0 Å². The maximum Gasteiger partial charge on any atom is 0.251 e. The third-order valence-electron chi connectivity index (χ3n) is 2.01. The van der Waals surface area contributed by atoms with Crippen molar-refractivity contribution in [3.8, 4) is 0 Å². The Balaban J connectivity index is 2.33. The van der Waals surface area contributed by atoms with E-state index < -0.39 is 5.91 Å². The number of amides is 1. The first-order valence-corrected chi connectivity index (χ1v) is 4.76. The van der Waals surface area contributed by atoms with Gasteiger partial charge in [-0.05, 0) is 19.4 Å². The highest BCUT2D eigenvalue weighted by atomic mass is 16.1. The Bertz CT molecular complexity index is 295. The predicted molar refractivity (Wildman–Crippen MR) is 53.7 cm³/mol. The van der Waals surface area contributed by atoms with Crippen LogP contribution >= 0.6 is 0 Å². The number of nitrogens with two attached hydrogens (primary N) is 2. The smallest absolute Gasteiger partial charge is 0.251 e. The molecule has 1 aromatic heterocycles. The van der Waals surface area contributed by atoms with Crippen molar-refractivity contribution >= 4 is 5.91 Å². The van der Waals surface area contributed by atoms with E-state index in [4.69, 9.17) is 11.5 Å². The number of aromatic nitrogens is 2. The number of hydrogen-bond donors (Lipinski definition) is 2. The van der Waals surface area contributed by atoms with E-state index in [0.29, 0.717) is 5.56 Å². The summed E-state index contributed by atoms with van der Waals surface area (Å²) >= 11 is 0. The maximum atomic E-state index is 10.7. The molecule has 0 saturated heterocycles. The number of aryl methyl sites for hydroxylation is 1. The lowest BCUT2D eigenvalue weighted by atomic mass is 10.2. The van der Waals surface area contributed by atoms with E-state index in [1.165, 1.54) is 6.20 Å². The standard InChI is InChI=1S/C9H16N4O/c10-4-2-1-3-5-13-7-8(6-12-13)9(11)14/h6-7H,1-5,10H2,(H2,11,14). The molecule has 0 unspecified atom stereocenters. The summed E-state index contributed by atoms with van der Waals surface area (Å²) in [6.45, 7) is 1.54. The Morgan fingerprint density at radius 3 is 2.79 bits per heavy atom. The zero-order valence-electron chi connectivity index (χ0n) is 8.15. The average molecular weight is 196 g/mol. The van der Waals surface area contributed by atoms with Gasteiger partial charge in [-0.1, -0.05) is 6.42 Å². The van der Waals surface area contributed by atoms with Gasteiger partial charge in [-0.3, -0.25) is 9.48 Å². The number of primary amides is 1. The number of unbranched alkanes of at least 4 members (excludes halogenated alkanes) is 2. The van der Waals surface area contributed by atoms with Gasteiger partial charge in [-0.2, -0.15) is 5.10 Å². The second-order valence-corrected chi connectivity index (χ2v) is 3.21. The van der Waals surface area contributed by atoms with Gasteiger partial charge in [0.05, 0.1) is 11.8 Å². The SMILES string of the molecule is NCCCCCn1cc(C(N)=O)cn1. The van der Waals surface area contributed by atoms with Gasteiger partial charge in [0.1, 0.15) is 0 Å². The lowest BCUT2D eigenvalue weighted by molar-refractivity contribution is 0.1000. The molecule has 1 rings (SSSR count). The van der Waals surface area contributed by atoms with E-state index in [0.717, 1.165) is 32.4 Å². The molecule has 14 heavy (non-hydrogen) atoms. The zero-order valence-corrected chi connectivity index (χ0v) is 8.15. The highest BCUT2D eigenvalue weighted by Crippen LogP contribution is 2.00. The van der Waals surface area contributed by atoms with Crippen LogP contribution in [0.2, 0.25) is 0 Å². The lowest BCUT2D eigenvalue weighted by Crippen LogP contribution is -2.09. The first-order valence-electron chi connectivity index (χ1n) is 4.76. The quantitative estimate of drug-likeness (QED) is 0.633. The number of nitrogens with zero attached hydrogens (tertiary/aromatic N) is 2. The minimum atomic E-state index is -0.432. The van der Waals surface area contributed by atoms with Gasteiger partial charge in [0.25, 0.3) is 5.91 Å². The molecule has 1 heterocycles. The molecule has 4 N–H and O–H groups in total. The van der Waals surface area contributed by atoms with Crippen LogP contribution in [-0.2, 0) is 6.54 Å². The number of hydrogen-bond acceptors (Lipinski definition) is 3. The molecule has 0 radical (unpaired) electrons. The predicted octanol–water partition coefficient (Wildman–Crippen LogP) is 0.111. The van der Waals surface area contributed by atoms with Crippen molar-refractivity contribution in [2.45, 2.75) is 25.8 Å². The molecule has 0 aromatic carbocycles. The summed E-state index contributed by atoms with van der Waals surface area (Å²) in [6, 6.07) is 0. The van der Waals surface area contributed by atoms with Crippen LogP contribution in [0.5, 0.6) is 0 Å². The fourth-order valence-electron chi connectivity index (χ4n) is 1.21. The molecule has 0 bridgehead atoms. The maximum absolute atomic E-state index is 10.7. The normalized spacial score (nSPS) is 10.4. The van der Waals surface area contributed by atoms with Crippen molar-refractivity contribution in [3.63, 3.8) is 0 Å². The largest absolute Gasteiger partial charge is 0.366 e. The molecular weight excluding hydrogens is 180 g/mol. The van der Waals surface area contributed by atoms with E-state index in [1.54, 1.807) is 10.9 Å². The van der Waals surface area contributed by atoms with Crippen molar-refractivity contribution < 1.29 is 4.79 Å². The Morgan fingerprint density at radius 2 is 2.21 bits per heavy atom. The van der Waals surface area contributed by atoms with Crippen LogP contribution in [0.25, 0.3) is 0 Å². The summed E-state index contributed by atoms with van der Waals surface area (Å²) in [6.07, 6.45) is 6.30. The Labute approximate surface area is 83.1 Å². The molecule has 1 aromatic rings. The Kier molecular flexibility index (Phi) is 4.12. The van der Waals surface area contributed by atoms with E-state index in [1.807, 2.05) is 0 Å². The molecule has 5 heteroatoms. The average Bonchev–Trinajstić information content (AvgIpc) is 2.61. The van der Waals surface area contributed by atoms with Crippen molar-refractivity contribution in [2.75, 3.05) is 6.54 Å². The Morgan fingerprint density at radius 1 is 1.43 bits per heavy atom. The van der Waals surface area contributed by atoms with Crippen LogP contribution in [0, 0.1) is 0 Å². The van der Waals surface area contributed by atoms with Gasteiger partial charge >= 0.3 is 0 Å². The molecule has 0 aliphatic heterocycles. The van der Waals surface area contributed by atoms with Gasteiger partial charge in [0.2, 0.25) is 0 Å². The summed E-state index contributed by atoms with van der Waals surface area (Å²) < 4.78 is 1.73. The fourth-order valence-corrected chi connectivity index (χ4v) is 1.21. The number of carbonyl (C=O) groups excluding carboxylic acids is 1. The van der Waals surface area contributed by atoms with Crippen molar-refractivity contribution in [3.05, 3.63) is 18.0 Å². The van der Waals surface area contributed by atoms with Crippen molar-refractivity contribution in [1.29, 1.82) is 0 Å². The minimum Gasteiger partial charge on any atom is -0.366 e. The topological polar surface area (TPSA) is 86.9 Å². The first-order chi connectivity index (χ1) is 6.74. The molecule has 5 nitrogen and oxygen atoms in total. The molecule has 0 atom stereocenters. The van der Waals surface area contributed by atoms with Crippen LogP contribution in [0.4, 0.5) is 0 Å². The van der Waals surface area contributed by atoms with Crippen LogP contribution in [0.1, 0.15) is 29.6 Å². The summed E-state index contributed by atoms with van der Waals surface area (Å²) in [7, 11) is 0. The fraction of sp³-hybridized carbons (Fsp3) is 0.556. The van der Waals surface area contributed by atoms with Gasteiger partial charge in [-0.15, -0.1) is 0 Å². The summed E-state index contributed by atoms with van der Waals surface area (Å²) in [5.74, 6) is -0.432. The van der Waals surface area contributed by atoms with Crippen LogP contribution in [0.3, 0.4) is 0 Å². The molecule has 78 valence electrons. The molecule has 0 aliphatic rings. The van der Waals surface area contributed by atoms with Crippen molar-refractivity contribution in [2.24, 2.45) is 11.5 Å². The number of rotatable bonds is 6. The zero-order chi connectivity index (χ0) is 10.4. The molecular formula is C9H16N4O.